The van der Waals surface area contributed by atoms with Gasteiger partial charge in [-0.25, -0.2) is 0 Å². The van der Waals surface area contributed by atoms with Crippen LogP contribution in [0.15, 0.2) is 0 Å². The molecular formula is C7H13O. The van der Waals surface area contributed by atoms with E-state index in [-0.39, 0.29) is 0 Å². The average molecular weight is 113 g/mol. The first-order valence-electron chi connectivity index (χ1n) is 3.29. The number of methoxy groups -OCH3 is 1. The summed E-state index contributed by atoms with van der Waals surface area (Å²) in [7, 11) is 1.78. The molecule has 0 aromatic heterocycles. The predicted molar refractivity (Wildman–Crippen MR) is 33.6 cm³/mol. The third-order valence-electron chi connectivity index (χ3n) is 1.68. The Hall–Kier alpha value is -0.0400. The Kier molecular flexibility index (Phi) is 2.34. The van der Waals surface area contributed by atoms with Crippen molar-refractivity contribution in [3.05, 3.63) is 6.42 Å². The van der Waals surface area contributed by atoms with Crippen LogP contribution in [-0.4, -0.2) is 13.2 Å². The first kappa shape index (κ1) is 6.09. The Bertz CT molecular complexity index is 55.4. The molecule has 0 amide bonds. The lowest BCUT2D eigenvalue weighted by molar-refractivity contribution is 0.106. The minimum atomic E-state index is 0.462. The molecule has 0 aliphatic heterocycles. The van der Waals surface area contributed by atoms with Crippen molar-refractivity contribution in [3.8, 4) is 0 Å². The van der Waals surface area contributed by atoms with Crippen LogP contribution in [0.1, 0.15) is 25.7 Å². The van der Waals surface area contributed by atoms with Gasteiger partial charge in [0.05, 0.1) is 6.10 Å². The van der Waals surface area contributed by atoms with Crippen molar-refractivity contribution in [3.63, 3.8) is 0 Å². The standard InChI is InChI=1S/C7H13O/c1-8-7-5-3-2-4-6-7/h5,7H,2-4,6H2,1H3. The Morgan fingerprint density at radius 1 is 1.50 bits per heavy atom. The molecule has 0 bridgehead atoms. The maximum atomic E-state index is 5.14. The van der Waals surface area contributed by atoms with Crippen molar-refractivity contribution in [1.82, 2.24) is 0 Å². The number of hydrogen-bond acceptors (Lipinski definition) is 1. The Morgan fingerprint density at radius 3 is 2.75 bits per heavy atom. The highest BCUT2D eigenvalue weighted by Gasteiger charge is 2.10. The largest absolute Gasteiger partial charge is 0.381 e. The third kappa shape index (κ3) is 1.48. The minimum absolute atomic E-state index is 0.462. The third-order valence-corrected chi connectivity index (χ3v) is 1.68. The van der Waals surface area contributed by atoms with Crippen LogP contribution in [0, 0.1) is 6.42 Å². The van der Waals surface area contributed by atoms with E-state index in [4.69, 9.17) is 4.74 Å². The molecule has 1 fully saturated rings. The highest BCUT2D eigenvalue weighted by Crippen LogP contribution is 2.17. The summed E-state index contributed by atoms with van der Waals surface area (Å²) in [5.41, 5.74) is 0. The molecule has 1 unspecified atom stereocenters. The van der Waals surface area contributed by atoms with Gasteiger partial charge >= 0.3 is 0 Å². The molecule has 0 spiro atoms. The summed E-state index contributed by atoms with van der Waals surface area (Å²) in [5.74, 6) is 0. The van der Waals surface area contributed by atoms with Crippen molar-refractivity contribution >= 4 is 0 Å². The van der Waals surface area contributed by atoms with Crippen molar-refractivity contribution in [2.75, 3.05) is 7.11 Å². The van der Waals surface area contributed by atoms with Gasteiger partial charge in [0.2, 0.25) is 0 Å². The molecule has 0 saturated heterocycles. The Balaban J connectivity index is 2.13. The molecule has 0 aromatic carbocycles. The van der Waals surface area contributed by atoms with Crippen molar-refractivity contribution < 1.29 is 4.74 Å². The number of ether oxygens (including phenoxy) is 1. The fraction of sp³-hybridized carbons (Fsp3) is 0.857. The molecule has 1 aliphatic rings. The summed E-state index contributed by atoms with van der Waals surface area (Å²) >= 11 is 0. The van der Waals surface area contributed by atoms with Gasteiger partial charge in [0, 0.05) is 7.11 Å². The summed E-state index contributed by atoms with van der Waals surface area (Å²) in [6.07, 6.45) is 7.91. The molecule has 8 heavy (non-hydrogen) atoms. The first-order valence-corrected chi connectivity index (χ1v) is 3.29. The average Bonchev–Trinajstić information content (AvgIpc) is 1.90. The van der Waals surface area contributed by atoms with Crippen LogP contribution in [0.3, 0.4) is 0 Å². The topological polar surface area (TPSA) is 9.23 Å². The monoisotopic (exact) mass is 113 g/mol. The lowest BCUT2D eigenvalue weighted by Gasteiger charge is -2.18. The minimum Gasteiger partial charge on any atom is -0.381 e. The molecule has 0 aromatic rings. The zero-order valence-corrected chi connectivity index (χ0v) is 5.39. The maximum absolute atomic E-state index is 5.14. The summed E-state index contributed by atoms with van der Waals surface area (Å²) in [6.45, 7) is 0. The zero-order valence-electron chi connectivity index (χ0n) is 5.39. The first-order chi connectivity index (χ1) is 3.93. The van der Waals surface area contributed by atoms with Crippen LogP contribution >= 0.6 is 0 Å². The molecule has 1 rings (SSSR count). The van der Waals surface area contributed by atoms with Gasteiger partial charge in [-0.3, -0.25) is 0 Å². The van der Waals surface area contributed by atoms with E-state index >= 15 is 0 Å². The van der Waals surface area contributed by atoms with Crippen LogP contribution in [0.5, 0.6) is 0 Å². The van der Waals surface area contributed by atoms with E-state index in [2.05, 4.69) is 6.42 Å². The second-order valence-electron chi connectivity index (χ2n) is 2.29. The second-order valence-corrected chi connectivity index (χ2v) is 2.29. The quantitative estimate of drug-likeness (QED) is 0.503. The Morgan fingerprint density at radius 2 is 2.38 bits per heavy atom. The van der Waals surface area contributed by atoms with Gasteiger partial charge in [0.1, 0.15) is 0 Å². The second kappa shape index (κ2) is 3.08. The molecule has 1 radical (unpaired) electrons. The molecule has 1 nitrogen and oxygen atoms in total. The fourth-order valence-corrected chi connectivity index (χ4v) is 1.13. The van der Waals surface area contributed by atoms with E-state index in [0.29, 0.717) is 6.10 Å². The van der Waals surface area contributed by atoms with Crippen LogP contribution in [0.4, 0.5) is 0 Å². The van der Waals surface area contributed by atoms with Gasteiger partial charge in [-0.05, 0) is 19.3 Å². The van der Waals surface area contributed by atoms with Gasteiger partial charge in [0.25, 0.3) is 0 Å². The molecule has 1 saturated carbocycles. The number of hydrogen-bond donors (Lipinski definition) is 0. The molecule has 1 aliphatic carbocycles. The maximum Gasteiger partial charge on any atom is 0.0603 e. The lowest BCUT2D eigenvalue weighted by Crippen LogP contribution is -2.14. The lowest BCUT2D eigenvalue weighted by atomic mass is 9.98. The number of rotatable bonds is 1. The van der Waals surface area contributed by atoms with Crippen molar-refractivity contribution in [2.24, 2.45) is 0 Å². The molecule has 0 N–H and O–H groups in total. The van der Waals surface area contributed by atoms with E-state index in [0.717, 1.165) is 0 Å². The molecule has 1 heteroatoms. The van der Waals surface area contributed by atoms with Gasteiger partial charge in [-0.1, -0.05) is 12.8 Å². The SMILES string of the molecule is COC1[CH]CCCC1. The van der Waals surface area contributed by atoms with E-state index in [1.165, 1.54) is 25.7 Å². The van der Waals surface area contributed by atoms with Crippen LogP contribution in [0.2, 0.25) is 0 Å². The van der Waals surface area contributed by atoms with E-state index < -0.39 is 0 Å². The molecule has 1 atom stereocenters. The van der Waals surface area contributed by atoms with Gasteiger partial charge in [-0.2, -0.15) is 0 Å². The summed E-state index contributed by atoms with van der Waals surface area (Å²) in [6, 6.07) is 0. The van der Waals surface area contributed by atoms with Crippen molar-refractivity contribution in [2.45, 2.75) is 31.8 Å². The van der Waals surface area contributed by atoms with E-state index in [9.17, 15) is 0 Å². The van der Waals surface area contributed by atoms with Crippen LogP contribution in [-0.2, 0) is 4.74 Å². The fourth-order valence-electron chi connectivity index (χ4n) is 1.13. The highest BCUT2D eigenvalue weighted by atomic mass is 16.5. The van der Waals surface area contributed by atoms with Crippen molar-refractivity contribution in [1.29, 1.82) is 0 Å². The zero-order chi connectivity index (χ0) is 5.82. The van der Waals surface area contributed by atoms with E-state index in [1.807, 2.05) is 0 Å². The Labute approximate surface area is 51.0 Å². The smallest absolute Gasteiger partial charge is 0.0603 e. The summed E-state index contributed by atoms with van der Waals surface area (Å²) in [5, 5.41) is 0. The summed E-state index contributed by atoms with van der Waals surface area (Å²) in [4.78, 5) is 0. The highest BCUT2D eigenvalue weighted by molar-refractivity contribution is 4.80. The molecule has 47 valence electrons. The predicted octanol–water partition coefficient (Wildman–Crippen LogP) is 1.78. The molecular weight excluding hydrogens is 100 g/mol. The molecule has 0 heterocycles. The van der Waals surface area contributed by atoms with Gasteiger partial charge in [-0.15, -0.1) is 0 Å². The van der Waals surface area contributed by atoms with Crippen LogP contribution in [0.25, 0.3) is 0 Å². The van der Waals surface area contributed by atoms with Gasteiger partial charge in [0.15, 0.2) is 0 Å². The van der Waals surface area contributed by atoms with Crippen LogP contribution < -0.4 is 0 Å². The van der Waals surface area contributed by atoms with E-state index in [1.54, 1.807) is 7.11 Å². The normalized spacial score (nSPS) is 23.6. The van der Waals surface area contributed by atoms with Gasteiger partial charge < -0.3 is 4.74 Å². The summed E-state index contributed by atoms with van der Waals surface area (Å²) < 4.78 is 5.14.